The number of nitrogens with zero attached hydrogens (tertiary/aromatic N) is 2. The number of hydrogen-bond donors (Lipinski definition) is 2. The summed E-state index contributed by atoms with van der Waals surface area (Å²) in [6.45, 7) is 3.81. The molecular formula is C17H24N4O2. The van der Waals surface area contributed by atoms with Crippen molar-refractivity contribution in [1.82, 2.24) is 20.4 Å². The molecule has 1 saturated carbocycles. The van der Waals surface area contributed by atoms with Crippen LogP contribution in [0.2, 0.25) is 0 Å². The van der Waals surface area contributed by atoms with Gasteiger partial charge in [0.05, 0.1) is 6.54 Å². The monoisotopic (exact) mass is 316 g/mol. The Morgan fingerprint density at radius 2 is 1.74 bits per heavy atom. The fourth-order valence-electron chi connectivity index (χ4n) is 2.70. The molecule has 6 heteroatoms. The number of urea groups is 1. The van der Waals surface area contributed by atoms with E-state index in [4.69, 9.17) is 0 Å². The zero-order valence-electron chi connectivity index (χ0n) is 13.3. The molecule has 1 aromatic rings. The molecule has 0 atom stereocenters. The number of rotatable bonds is 5. The van der Waals surface area contributed by atoms with Gasteiger partial charge >= 0.3 is 6.03 Å². The smallest absolute Gasteiger partial charge is 0.317 e. The lowest BCUT2D eigenvalue weighted by Crippen LogP contribution is -2.53. The van der Waals surface area contributed by atoms with E-state index in [1.54, 1.807) is 0 Å². The number of nitrogens with one attached hydrogen (secondary N) is 2. The molecule has 23 heavy (non-hydrogen) atoms. The van der Waals surface area contributed by atoms with Crippen molar-refractivity contribution in [1.29, 1.82) is 0 Å². The highest BCUT2D eigenvalue weighted by Crippen LogP contribution is 2.18. The lowest BCUT2D eigenvalue weighted by Gasteiger charge is -2.34. The molecule has 124 valence electrons. The molecule has 2 aliphatic rings. The molecular weight excluding hydrogens is 292 g/mol. The van der Waals surface area contributed by atoms with Crippen molar-refractivity contribution in [2.45, 2.75) is 25.4 Å². The van der Waals surface area contributed by atoms with E-state index in [0.29, 0.717) is 32.2 Å². The third-order valence-corrected chi connectivity index (χ3v) is 4.26. The largest absolute Gasteiger partial charge is 0.352 e. The van der Waals surface area contributed by atoms with Gasteiger partial charge in [0.25, 0.3) is 0 Å². The van der Waals surface area contributed by atoms with Gasteiger partial charge in [0.1, 0.15) is 0 Å². The summed E-state index contributed by atoms with van der Waals surface area (Å²) in [4.78, 5) is 27.9. The van der Waals surface area contributed by atoms with E-state index in [-0.39, 0.29) is 11.9 Å². The van der Waals surface area contributed by atoms with Gasteiger partial charge in [-0.05, 0) is 18.4 Å². The summed E-state index contributed by atoms with van der Waals surface area (Å²) in [5.74, 6) is 0.106. The topological polar surface area (TPSA) is 64.7 Å². The second-order valence-electron chi connectivity index (χ2n) is 6.25. The first-order chi connectivity index (χ1) is 11.2. The van der Waals surface area contributed by atoms with E-state index in [1.807, 2.05) is 35.2 Å². The molecule has 1 aliphatic carbocycles. The Hall–Kier alpha value is -2.08. The molecule has 2 fully saturated rings. The zero-order chi connectivity index (χ0) is 16.1. The molecule has 1 aromatic carbocycles. The van der Waals surface area contributed by atoms with Crippen LogP contribution in [0.4, 0.5) is 4.79 Å². The van der Waals surface area contributed by atoms with Gasteiger partial charge in [-0.3, -0.25) is 9.69 Å². The van der Waals surface area contributed by atoms with Gasteiger partial charge in [-0.1, -0.05) is 30.3 Å². The van der Waals surface area contributed by atoms with Crippen LogP contribution in [0, 0.1) is 0 Å². The number of carbonyl (C=O) groups is 2. The number of carbonyl (C=O) groups excluding carboxylic acids is 2. The van der Waals surface area contributed by atoms with Crippen molar-refractivity contribution in [3.8, 4) is 0 Å². The Bertz CT molecular complexity index is 537. The zero-order valence-corrected chi connectivity index (χ0v) is 13.3. The van der Waals surface area contributed by atoms with Crippen molar-refractivity contribution in [2.24, 2.45) is 0 Å². The summed E-state index contributed by atoms with van der Waals surface area (Å²) in [7, 11) is 0. The first kappa shape index (κ1) is 15.8. The standard InChI is InChI=1S/C17H24N4O2/c22-16(19-15-6-7-15)13-20-8-10-21(11-9-20)17(23)18-12-14-4-2-1-3-5-14/h1-5,15H,6-13H2,(H,18,23)(H,19,22). The molecule has 6 nitrogen and oxygen atoms in total. The van der Waals surface area contributed by atoms with Crippen molar-refractivity contribution < 1.29 is 9.59 Å². The highest BCUT2D eigenvalue weighted by molar-refractivity contribution is 5.78. The van der Waals surface area contributed by atoms with Gasteiger partial charge in [0.15, 0.2) is 0 Å². The van der Waals surface area contributed by atoms with Crippen LogP contribution in [0.5, 0.6) is 0 Å². The average molecular weight is 316 g/mol. The lowest BCUT2D eigenvalue weighted by molar-refractivity contribution is -0.122. The van der Waals surface area contributed by atoms with E-state index in [9.17, 15) is 9.59 Å². The van der Waals surface area contributed by atoms with Crippen LogP contribution in [-0.4, -0.2) is 60.5 Å². The Morgan fingerprint density at radius 3 is 2.39 bits per heavy atom. The molecule has 0 unspecified atom stereocenters. The predicted octanol–water partition coefficient (Wildman–Crippen LogP) is 0.792. The van der Waals surface area contributed by atoms with E-state index >= 15 is 0 Å². The maximum absolute atomic E-state index is 12.2. The Kier molecular flexibility index (Phi) is 5.12. The highest BCUT2D eigenvalue weighted by atomic mass is 16.2. The van der Waals surface area contributed by atoms with E-state index in [0.717, 1.165) is 31.5 Å². The maximum Gasteiger partial charge on any atom is 0.317 e. The van der Waals surface area contributed by atoms with Crippen LogP contribution in [-0.2, 0) is 11.3 Å². The van der Waals surface area contributed by atoms with Crippen LogP contribution in [0.1, 0.15) is 18.4 Å². The van der Waals surface area contributed by atoms with Gasteiger partial charge in [-0.15, -0.1) is 0 Å². The summed E-state index contributed by atoms with van der Waals surface area (Å²) < 4.78 is 0. The highest BCUT2D eigenvalue weighted by Gasteiger charge is 2.26. The fourth-order valence-corrected chi connectivity index (χ4v) is 2.70. The van der Waals surface area contributed by atoms with E-state index < -0.39 is 0 Å². The van der Waals surface area contributed by atoms with Crippen molar-refractivity contribution in [2.75, 3.05) is 32.7 Å². The van der Waals surface area contributed by atoms with E-state index in [1.165, 1.54) is 0 Å². The molecule has 0 aromatic heterocycles. The Morgan fingerprint density at radius 1 is 1.04 bits per heavy atom. The molecule has 1 saturated heterocycles. The SMILES string of the molecule is O=C(CN1CCN(C(=O)NCc2ccccc2)CC1)NC1CC1. The second kappa shape index (κ2) is 7.46. The van der Waals surface area contributed by atoms with E-state index in [2.05, 4.69) is 15.5 Å². The second-order valence-corrected chi connectivity index (χ2v) is 6.25. The van der Waals surface area contributed by atoms with Gasteiger partial charge in [-0.2, -0.15) is 0 Å². The Labute approximate surface area is 136 Å². The summed E-state index contributed by atoms with van der Waals surface area (Å²) in [6.07, 6.45) is 2.22. The maximum atomic E-state index is 12.2. The first-order valence-corrected chi connectivity index (χ1v) is 8.29. The molecule has 0 spiro atoms. The summed E-state index contributed by atoms with van der Waals surface area (Å²) in [5, 5.41) is 5.95. The first-order valence-electron chi connectivity index (χ1n) is 8.29. The molecule has 3 rings (SSSR count). The number of amides is 3. The Balaban J connectivity index is 1.36. The van der Waals surface area contributed by atoms with Crippen molar-refractivity contribution in [3.63, 3.8) is 0 Å². The molecule has 0 bridgehead atoms. The minimum absolute atomic E-state index is 0.0315. The number of piperazine rings is 1. The average Bonchev–Trinajstić information content (AvgIpc) is 3.38. The lowest BCUT2D eigenvalue weighted by atomic mass is 10.2. The third kappa shape index (κ3) is 4.96. The van der Waals surface area contributed by atoms with Crippen molar-refractivity contribution >= 4 is 11.9 Å². The van der Waals surface area contributed by atoms with Crippen LogP contribution < -0.4 is 10.6 Å². The van der Waals surface area contributed by atoms with Gasteiger partial charge in [-0.25, -0.2) is 4.79 Å². The summed E-state index contributed by atoms with van der Waals surface area (Å²) in [6, 6.07) is 10.3. The molecule has 1 heterocycles. The third-order valence-electron chi connectivity index (χ3n) is 4.26. The van der Waals surface area contributed by atoms with Gasteiger partial charge in [0, 0.05) is 38.8 Å². The molecule has 0 radical (unpaired) electrons. The minimum Gasteiger partial charge on any atom is -0.352 e. The van der Waals surface area contributed by atoms with Crippen LogP contribution in [0.15, 0.2) is 30.3 Å². The summed E-state index contributed by atoms with van der Waals surface area (Å²) in [5.41, 5.74) is 1.09. The molecule has 2 N–H and O–H groups in total. The van der Waals surface area contributed by atoms with Crippen LogP contribution >= 0.6 is 0 Å². The quantitative estimate of drug-likeness (QED) is 0.844. The summed E-state index contributed by atoms with van der Waals surface area (Å²) >= 11 is 0. The molecule has 3 amide bonds. The van der Waals surface area contributed by atoms with Crippen molar-refractivity contribution in [3.05, 3.63) is 35.9 Å². The minimum atomic E-state index is -0.0315. The van der Waals surface area contributed by atoms with Crippen LogP contribution in [0.25, 0.3) is 0 Å². The number of hydrogen-bond acceptors (Lipinski definition) is 3. The predicted molar refractivity (Wildman–Crippen MR) is 87.9 cm³/mol. The fraction of sp³-hybridized carbons (Fsp3) is 0.529. The van der Waals surface area contributed by atoms with Crippen LogP contribution in [0.3, 0.4) is 0 Å². The van der Waals surface area contributed by atoms with Gasteiger partial charge in [0.2, 0.25) is 5.91 Å². The van der Waals surface area contributed by atoms with Gasteiger partial charge < -0.3 is 15.5 Å². The number of benzene rings is 1. The normalized spacial score (nSPS) is 18.5. The molecule has 1 aliphatic heterocycles.